The zero-order valence-corrected chi connectivity index (χ0v) is 9.71. The third-order valence-electron chi connectivity index (χ3n) is 2.92. The van der Waals surface area contributed by atoms with Gasteiger partial charge in [0, 0.05) is 6.42 Å². The molecule has 0 amide bonds. The van der Waals surface area contributed by atoms with Gasteiger partial charge in [0.05, 0.1) is 6.42 Å². The van der Waals surface area contributed by atoms with Crippen LogP contribution in [0.5, 0.6) is 5.75 Å². The first-order valence-electron chi connectivity index (χ1n) is 5.60. The van der Waals surface area contributed by atoms with Gasteiger partial charge >= 0.3 is 5.97 Å². The number of carboxylic acids is 1. The molecule has 1 unspecified atom stereocenters. The number of aliphatic carboxylic acids is 1. The summed E-state index contributed by atoms with van der Waals surface area (Å²) in [6.07, 6.45) is 5.08. The molecule has 18 heavy (non-hydrogen) atoms. The minimum absolute atomic E-state index is 0.0728. The van der Waals surface area contributed by atoms with E-state index >= 15 is 0 Å². The number of aromatic hydroxyl groups is 1. The van der Waals surface area contributed by atoms with E-state index in [4.69, 9.17) is 5.11 Å². The lowest BCUT2D eigenvalue weighted by Crippen LogP contribution is -2.25. The topological polar surface area (TPSA) is 77.8 Å². The fourth-order valence-corrected chi connectivity index (χ4v) is 2.10. The molecule has 1 atom stereocenters. The van der Waals surface area contributed by atoms with E-state index in [2.05, 4.69) is 0 Å². The van der Waals surface area contributed by atoms with Gasteiger partial charge in [-0.05, 0) is 23.8 Å². The first-order valence-corrected chi connectivity index (χ1v) is 5.60. The number of carboxylic acid groups (broad SMARTS) is 1. The lowest BCUT2D eigenvalue weighted by molar-refractivity contribution is -0.136. The van der Waals surface area contributed by atoms with Crippen molar-refractivity contribution >= 4 is 5.97 Å². The van der Waals surface area contributed by atoms with E-state index in [9.17, 15) is 15.0 Å². The molecule has 1 aromatic carbocycles. The van der Waals surface area contributed by atoms with Crippen LogP contribution >= 0.6 is 0 Å². The van der Waals surface area contributed by atoms with Crippen molar-refractivity contribution in [2.24, 2.45) is 0 Å². The Morgan fingerprint density at radius 3 is 2.83 bits per heavy atom. The maximum Gasteiger partial charge on any atom is 0.307 e. The molecule has 0 heterocycles. The van der Waals surface area contributed by atoms with E-state index in [-0.39, 0.29) is 18.6 Å². The van der Waals surface area contributed by atoms with Gasteiger partial charge in [-0.15, -0.1) is 0 Å². The third-order valence-corrected chi connectivity index (χ3v) is 2.92. The molecule has 4 nitrogen and oxygen atoms in total. The number of hydrogen-bond donors (Lipinski definition) is 3. The van der Waals surface area contributed by atoms with Crippen LogP contribution in [0.2, 0.25) is 0 Å². The molecule has 2 rings (SSSR count). The Hall–Kier alpha value is -2.07. The van der Waals surface area contributed by atoms with Crippen LogP contribution in [0.4, 0.5) is 0 Å². The Labute approximate surface area is 105 Å². The first kappa shape index (κ1) is 12.4. The van der Waals surface area contributed by atoms with Crippen molar-refractivity contribution in [3.05, 3.63) is 53.6 Å². The zero-order valence-electron chi connectivity index (χ0n) is 9.71. The Morgan fingerprint density at radius 1 is 1.39 bits per heavy atom. The SMILES string of the molecule is O=C(O)CC1=CC=CC(O)(c2cccc(O)c2)C1. The molecule has 0 aliphatic heterocycles. The van der Waals surface area contributed by atoms with E-state index in [1.165, 1.54) is 12.1 Å². The number of allylic oxidation sites excluding steroid dienone is 2. The van der Waals surface area contributed by atoms with E-state index < -0.39 is 11.6 Å². The van der Waals surface area contributed by atoms with Crippen LogP contribution in [-0.2, 0) is 10.4 Å². The summed E-state index contributed by atoms with van der Waals surface area (Å²) in [6.45, 7) is 0. The van der Waals surface area contributed by atoms with Crippen molar-refractivity contribution in [1.82, 2.24) is 0 Å². The van der Waals surface area contributed by atoms with Crippen molar-refractivity contribution in [3.63, 3.8) is 0 Å². The van der Waals surface area contributed by atoms with E-state index in [0.29, 0.717) is 11.1 Å². The molecule has 0 saturated heterocycles. The van der Waals surface area contributed by atoms with Gasteiger partial charge in [-0.25, -0.2) is 0 Å². The van der Waals surface area contributed by atoms with Crippen LogP contribution in [0, 0.1) is 0 Å². The smallest absolute Gasteiger partial charge is 0.307 e. The van der Waals surface area contributed by atoms with Gasteiger partial charge in [0.2, 0.25) is 0 Å². The van der Waals surface area contributed by atoms with Gasteiger partial charge in [0.15, 0.2) is 0 Å². The lowest BCUT2D eigenvalue weighted by Gasteiger charge is -2.28. The highest BCUT2D eigenvalue weighted by Crippen LogP contribution is 2.35. The van der Waals surface area contributed by atoms with Crippen LogP contribution in [0.1, 0.15) is 18.4 Å². The summed E-state index contributed by atoms with van der Waals surface area (Å²) in [5.74, 6) is -0.849. The molecule has 0 radical (unpaired) electrons. The van der Waals surface area contributed by atoms with E-state index in [1.54, 1.807) is 30.4 Å². The Morgan fingerprint density at radius 2 is 2.17 bits per heavy atom. The summed E-state index contributed by atoms with van der Waals surface area (Å²) in [6, 6.07) is 6.35. The monoisotopic (exact) mass is 246 g/mol. The predicted octanol–water partition coefficient (Wildman–Crippen LogP) is 1.94. The van der Waals surface area contributed by atoms with Crippen molar-refractivity contribution in [2.45, 2.75) is 18.4 Å². The molecule has 0 saturated carbocycles. The minimum atomic E-state index is -1.25. The molecule has 0 fully saturated rings. The maximum atomic E-state index is 10.7. The average Bonchev–Trinajstić information content (AvgIpc) is 2.28. The molecule has 1 aliphatic carbocycles. The molecule has 0 bridgehead atoms. The summed E-state index contributed by atoms with van der Waals surface area (Å²) < 4.78 is 0. The first-order chi connectivity index (χ1) is 8.49. The molecule has 3 N–H and O–H groups in total. The van der Waals surface area contributed by atoms with Gasteiger partial charge in [0.1, 0.15) is 11.4 Å². The quantitative estimate of drug-likeness (QED) is 0.761. The summed E-state index contributed by atoms with van der Waals surface area (Å²) in [5.41, 5.74) is -0.0521. The van der Waals surface area contributed by atoms with Gasteiger partial charge in [-0.3, -0.25) is 4.79 Å². The fraction of sp³-hybridized carbons (Fsp3) is 0.214. The summed E-state index contributed by atoms with van der Waals surface area (Å²) in [5, 5.41) is 28.7. The zero-order chi connectivity index (χ0) is 13.2. The molecule has 1 aliphatic rings. The average molecular weight is 246 g/mol. The van der Waals surface area contributed by atoms with Gasteiger partial charge in [-0.2, -0.15) is 0 Å². The second-order valence-electron chi connectivity index (χ2n) is 4.41. The second-order valence-corrected chi connectivity index (χ2v) is 4.41. The number of phenols is 1. The highest BCUT2D eigenvalue weighted by molar-refractivity contribution is 5.70. The summed E-state index contributed by atoms with van der Waals surface area (Å²) in [7, 11) is 0. The third kappa shape index (κ3) is 2.60. The molecule has 1 aromatic rings. The highest BCUT2D eigenvalue weighted by atomic mass is 16.4. The molecule has 94 valence electrons. The fourth-order valence-electron chi connectivity index (χ4n) is 2.10. The van der Waals surface area contributed by atoms with Crippen LogP contribution in [0.25, 0.3) is 0 Å². The van der Waals surface area contributed by atoms with Crippen molar-refractivity contribution in [3.8, 4) is 5.75 Å². The predicted molar refractivity (Wildman–Crippen MR) is 66.1 cm³/mol. The molecule has 0 spiro atoms. The summed E-state index contributed by atoms with van der Waals surface area (Å²) >= 11 is 0. The number of carbonyl (C=O) groups is 1. The molecule has 0 aromatic heterocycles. The Kier molecular flexibility index (Phi) is 3.21. The standard InChI is InChI=1S/C14H14O4/c15-12-5-1-4-11(8-12)14(18)6-2-3-10(9-14)7-13(16)17/h1-6,8,15,18H,7,9H2,(H,16,17). The van der Waals surface area contributed by atoms with Crippen LogP contribution in [0.15, 0.2) is 48.1 Å². The second kappa shape index (κ2) is 4.66. The molecular weight excluding hydrogens is 232 g/mol. The van der Waals surface area contributed by atoms with Crippen LogP contribution < -0.4 is 0 Å². The minimum Gasteiger partial charge on any atom is -0.508 e. The van der Waals surface area contributed by atoms with Gasteiger partial charge < -0.3 is 15.3 Å². The van der Waals surface area contributed by atoms with Gasteiger partial charge in [0.25, 0.3) is 0 Å². The van der Waals surface area contributed by atoms with Crippen LogP contribution in [-0.4, -0.2) is 21.3 Å². The van der Waals surface area contributed by atoms with E-state index in [0.717, 1.165) is 0 Å². The van der Waals surface area contributed by atoms with Crippen molar-refractivity contribution < 1.29 is 20.1 Å². The lowest BCUT2D eigenvalue weighted by atomic mass is 9.83. The highest BCUT2D eigenvalue weighted by Gasteiger charge is 2.30. The Balaban J connectivity index is 2.26. The van der Waals surface area contributed by atoms with Crippen molar-refractivity contribution in [1.29, 1.82) is 0 Å². The van der Waals surface area contributed by atoms with Crippen molar-refractivity contribution in [2.75, 3.05) is 0 Å². The van der Waals surface area contributed by atoms with E-state index in [1.807, 2.05) is 0 Å². The summed E-state index contributed by atoms with van der Waals surface area (Å²) in [4.78, 5) is 10.7. The largest absolute Gasteiger partial charge is 0.508 e. The van der Waals surface area contributed by atoms with Crippen LogP contribution in [0.3, 0.4) is 0 Å². The Bertz CT molecular complexity index is 530. The van der Waals surface area contributed by atoms with Gasteiger partial charge in [-0.1, -0.05) is 29.9 Å². The number of phenolic OH excluding ortho intramolecular Hbond substituents is 1. The number of benzene rings is 1. The normalized spacial score (nSPS) is 22.6. The molecule has 4 heteroatoms. The number of aliphatic hydroxyl groups is 1. The number of rotatable bonds is 3. The number of hydrogen-bond acceptors (Lipinski definition) is 3. The maximum absolute atomic E-state index is 10.7. The molecular formula is C14H14O4.